The molecule has 0 aliphatic carbocycles. The Morgan fingerprint density at radius 3 is 2.90 bits per heavy atom. The van der Waals surface area contributed by atoms with E-state index in [-0.39, 0.29) is 5.91 Å². The smallest absolute Gasteiger partial charge is 0.275 e. The zero-order valence-electron chi connectivity index (χ0n) is 17.1. The maximum atomic E-state index is 12.9. The van der Waals surface area contributed by atoms with Crippen LogP contribution in [0.3, 0.4) is 0 Å². The van der Waals surface area contributed by atoms with E-state index >= 15 is 0 Å². The van der Waals surface area contributed by atoms with E-state index in [9.17, 15) is 4.79 Å². The molecule has 2 atom stereocenters. The third kappa shape index (κ3) is 3.75. The molecule has 8 nitrogen and oxygen atoms in total. The zero-order valence-corrected chi connectivity index (χ0v) is 17.9. The van der Waals surface area contributed by atoms with Gasteiger partial charge < -0.3 is 25.9 Å². The highest BCUT2D eigenvalue weighted by molar-refractivity contribution is 7.14. The lowest BCUT2D eigenvalue weighted by molar-refractivity contribution is 0.102. The number of anilines is 3. The SMILES string of the molecule is CC1=NNC2CCN(c3nc(C(=O)Nc4ccccc4N4CCNCC4)cs3)CC12. The Kier molecular flexibility index (Phi) is 5.30. The first-order valence-electron chi connectivity index (χ1n) is 10.6. The minimum Gasteiger partial charge on any atom is -0.367 e. The van der Waals surface area contributed by atoms with Crippen LogP contribution in [0.4, 0.5) is 16.5 Å². The second kappa shape index (κ2) is 8.23. The third-order valence-electron chi connectivity index (χ3n) is 6.16. The molecule has 0 saturated carbocycles. The number of piperidine rings is 1. The number of hydrogen-bond donors (Lipinski definition) is 3. The van der Waals surface area contributed by atoms with Crippen LogP contribution in [-0.4, -0.2) is 61.9 Å². The van der Waals surface area contributed by atoms with Crippen LogP contribution >= 0.6 is 11.3 Å². The number of para-hydroxylation sites is 2. The van der Waals surface area contributed by atoms with Gasteiger partial charge in [0.05, 0.1) is 17.4 Å². The third-order valence-corrected chi connectivity index (χ3v) is 7.06. The summed E-state index contributed by atoms with van der Waals surface area (Å²) in [6, 6.07) is 8.43. The average Bonchev–Trinajstić information content (AvgIpc) is 3.42. The lowest BCUT2D eigenvalue weighted by Gasteiger charge is -2.34. The van der Waals surface area contributed by atoms with Crippen molar-refractivity contribution in [2.24, 2.45) is 11.0 Å². The Morgan fingerprint density at radius 2 is 2.03 bits per heavy atom. The highest BCUT2D eigenvalue weighted by Gasteiger charge is 2.35. The van der Waals surface area contributed by atoms with E-state index < -0.39 is 0 Å². The predicted molar refractivity (Wildman–Crippen MR) is 122 cm³/mol. The fraction of sp³-hybridized carbons (Fsp3) is 0.476. The van der Waals surface area contributed by atoms with Crippen molar-refractivity contribution in [2.75, 3.05) is 54.4 Å². The summed E-state index contributed by atoms with van der Waals surface area (Å²) in [5.41, 5.74) is 6.77. The minimum absolute atomic E-state index is 0.157. The van der Waals surface area contributed by atoms with Crippen LogP contribution < -0.4 is 25.9 Å². The van der Waals surface area contributed by atoms with E-state index in [2.05, 4.69) is 48.9 Å². The van der Waals surface area contributed by atoms with Crippen LogP contribution in [0.15, 0.2) is 34.7 Å². The summed E-state index contributed by atoms with van der Waals surface area (Å²) in [7, 11) is 0. The lowest BCUT2D eigenvalue weighted by atomic mass is 9.91. The number of carbonyl (C=O) groups is 1. The van der Waals surface area contributed by atoms with Gasteiger partial charge in [-0.05, 0) is 25.5 Å². The Hall–Kier alpha value is -2.65. The molecule has 0 radical (unpaired) electrons. The standard InChI is InChI=1S/C21H27N7OS/c1-14-15-12-28(9-6-16(15)26-25-14)21-24-18(13-30-21)20(29)23-17-4-2-3-5-19(17)27-10-7-22-8-11-27/h2-5,13,15-16,22,26H,6-12H2,1H3,(H,23,29). The number of aromatic nitrogens is 1. The second-order valence-electron chi connectivity index (χ2n) is 8.05. The Morgan fingerprint density at radius 1 is 1.20 bits per heavy atom. The van der Waals surface area contributed by atoms with Crippen LogP contribution in [0, 0.1) is 5.92 Å². The van der Waals surface area contributed by atoms with E-state index in [1.807, 2.05) is 23.6 Å². The molecule has 30 heavy (non-hydrogen) atoms. The summed E-state index contributed by atoms with van der Waals surface area (Å²) in [6.45, 7) is 7.68. The fourth-order valence-electron chi connectivity index (χ4n) is 4.43. The number of benzene rings is 1. The maximum absolute atomic E-state index is 12.9. The zero-order chi connectivity index (χ0) is 20.5. The van der Waals surface area contributed by atoms with Gasteiger partial charge in [-0.2, -0.15) is 5.10 Å². The number of nitrogens with zero attached hydrogens (tertiary/aromatic N) is 4. The Labute approximate surface area is 180 Å². The van der Waals surface area contributed by atoms with Crippen molar-refractivity contribution in [1.29, 1.82) is 0 Å². The summed E-state index contributed by atoms with van der Waals surface area (Å²) in [4.78, 5) is 22.2. The molecule has 3 aliphatic heterocycles. The summed E-state index contributed by atoms with van der Waals surface area (Å²) >= 11 is 1.54. The van der Waals surface area contributed by atoms with Gasteiger partial charge in [0.25, 0.3) is 5.91 Å². The van der Waals surface area contributed by atoms with Gasteiger partial charge in [-0.15, -0.1) is 11.3 Å². The van der Waals surface area contributed by atoms with Crippen molar-refractivity contribution >= 4 is 39.5 Å². The van der Waals surface area contributed by atoms with Gasteiger partial charge in [0, 0.05) is 56.3 Å². The highest BCUT2D eigenvalue weighted by atomic mass is 32.1. The molecule has 2 fully saturated rings. The van der Waals surface area contributed by atoms with E-state index in [4.69, 9.17) is 0 Å². The molecule has 1 aromatic heterocycles. The molecule has 3 N–H and O–H groups in total. The van der Waals surface area contributed by atoms with Gasteiger partial charge in [0.1, 0.15) is 5.69 Å². The molecule has 2 saturated heterocycles. The summed E-state index contributed by atoms with van der Waals surface area (Å²) in [5, 5.41) is 13.6. The maximum Gasteiger partial charge on any atom is 0.275 e. The molecule has 4 heterocycles. The average molecular weight is 426 g/mol. The Balaban J connectivity index is 1.28. The van der Waals surface area contributed by atoms with Crippen LogP contribution in [0.25, 0.3) is 0 Å². The number of amides is 1. The number of rotatable bonds is 4. The van der Waals surface area contributed by atoms with Crippen LogP contribution in [0.2, 0.25) is 0 Å². The second-order valence-corrected chi connectivity index (χ2v) is 8.89. The highest BCUT2D eigenvalue weighted by Crippen LogP contribution is 2.30. The molecular formula is C21H27N7OS. The van der Waals surface area contributed by atoms with Gasteiger partial charge in [-0.25, -0.2) is 4.98 Å². The van der Waals surface area contributed by atoms with Gasteiger partial charge >= 0.3 is 0 Å². The first-order valence-corrected chi connectivity index (χ1v) is 11.4. The number of hydrogen-bond acceptors (Lipinski definition) is 8. The number of thiazole rings is 1. The summed E-state index contributed by atoms with van der Waals surface area (Å²) < 4.78 is 0. The van der Waals surface area contributed by atoms with E-state index in [0.717, 1.165) is 67.9 Å². The minimum atomic E-state index is -0.157. The monoisotopic (exact) mass is 425 g/mol. The molecule has 5 rings (SSSR count). The van der Waals surface area contributed by atoms with Crippen molar-refractivity contribution in [2.45, 2.75) is 19.4 Å². The van der Waals surface area contributed by atoms with E-state index in [1.54, 1.807) is 0 Å². The van der Waals surface area contributed by atoms with E-state index in [0.29, 0.717) is 17.7 Å². The topological polar surface area (TPSA) is 84.9 Å². The summed E-state index contributed by atoms with van der Waals surface area (Å²) in [5.74, 6) is 0.265. The number of nitrogens with one attached hydrogen (secondary N) is 3. The van der Waals surface area contributed by atoms with Crippen LogP contribution in [-0.2, 0) is 0 Å². The van der Waals surface area contributed by atoms with Crippen molar-refractivity contribution in [3.05, 3.63) is 35.3 Å². The Bertz CT molecular complexity index is 952. The largest absolute Gasteiger partial charge is 0.367 e. The first kappa shape index (κ1) is 19.3. The molecule has 0 spiro atoms. The molecule has 158 valence electrons. The lowest BCUT2D eigenvalue weighted by Crippen LogP contribution is -2.46. The molecular weight excluding hydrogens is 398 g/mol. The van der Waals surface area contributed by atoms with Gasteiger partial charge in [0.2, 0.25) is 0 Å². The predicted octanol–water partition coefficient (Wildman–Crippen LogP) is 1.98. The molecule has 1 amide bonds. The van der Waals surface area contributed by atoms with E-state index in [1.165, 1.54) is 11.3 Å². The number of piperazine rings is 1. The van der Waals surface area contributed by atoms with Crippen LogP contribution in [0.5, 0.6) is 0 Å². The molecule has 2 aromatic rings. The normalized spacial score (nSPS) is 23.6. The molecule has 9 heteroatoms. The summed E-state index contributed by atoms with van der Waals surface area (Å²) in [6.07, 6.45) is 1.03. The number of hydrazone groups is 1. The quantitative estimate of drug-likeness (QED) is 0.695. The van der Waals surface area contributed by atoms with Crippen molar-refractivity contribution in [3.8, 4) is 0 Å². The van der Waals surface area contributed by atoms with Crippen molar-refractivity contribution < 1.29 is 4.79 Å². The fourth-order valence-corrected chi connectivity index (χ4v) is 5.27. The molecule has 1 aromatic carbocycles. The van der Waals surface area contributed by atoms with Crippen LogP contribution in [0.1, 0.15) is 23.8 Å². The number of fused-ring (bicyclic) bond motifs is 1. The van der Waals surface area contributed by atoms with Gasteiger partial charge in [0.15, 0.2) is 5.13 Å². The van der Waals surface area contributed by atoms with Gasteiger partial charge in [-0.3, -0.25) is 4.79 Å². The van der Waals surface area contributed by atoms with Crippen molar-refractivity contribution in [1.82, 2.24) is 15.7 Å². The van der Waals surface area contributed by atoms with Crippen molar-refractivity contribution in [3.63, 3.8) is 0 Å². The first-order chi connectivity index (χ1) is 14.7. The molecule has 3 aliphatic rings. The number of carbonyl (C=O) groups excluding carboxylic acids is 1. The molecule has 0 bridgehead atoms. The molecule has 2 unspecified atom stereocenters. The van der Waals surface area contributed by atoms with Gasteiger partial charge in [-0.1, -0.05) is 12.1 Å².